The van der Waals surface area contributed by atoms with Gasteiger partial charge in [-0.15, -0.1) is 0 Å². The molecule has 1 aromatic rings. The number of fused-ring (bicyclic) bond motifs is 1. The minimum Gasteiger partial charge on any atom is -0.464 e. The van der Waals surface area contributed by atoms with E-state index in [-0.39, 0.29) is 13.2 Å². The van der Waals surface area contributed by atoms with Crippen LogP contribution in [0.2, 0.25) is 0 Å². The molecule has 1 N–H and O–H groups in total. The Balaban J connectivity index is 2.34. The summed E-state index contributed by atoms with van der Waals surface area (Å²) >= 11 is 0. The molecule has 2 rings (SSSR count). The van der Waals surface area contributed by atoms with Gasteiger partial charge in [-0.2, -0.15) is 0 Å². The van der Waals surface area contributed by atoms with E-state index in [0.29, 0.717) is 17.7 Å². The number of carbonyl (C=O) groups is 1. The van der Waals surface area contributed by atoms with E-state index in [1.807, 2.05) is 0 Å². The number of carbonyl (C=O) groups excluding carboxylic acids is 1. The van der Waals surface area contributed by atoms with Crippen LogP contribution in [0.15, 0.2) is 24.3 Å². The van der Waals surface area contributed by atoms with Gasteiger partial charge in [-0.1, -0.05) is 24.3 Å². The molecule has 4 nitrogen and oxygen atoms in total. The van der Waals surface area contributed by atoms with Crippen molar-refractivity contribution in [3.05, 3.63) is 35.4 Å². The van der Waals surface area contributed by atoms with Crippen molar-refractivity contribution in [2.24, 2.45) is 0 Å². The molecule has 1 aliphatic heterocycles. The smallest absolute Gasteiger partial charge is 0.344 e. The maximum atomic E-state index is 14.1. The molecular formula is C13H15FO4. The first kappa shape index (κ1) is 13.0. The Labute approximate surface area is 104 Å². The summed E-state index contributed by atoms with van der Waals surface area (Å²) in [7, 11) is 0. The molecule has 2 atom stereocenters. The third-order valence-electron chi connectivity index (χ3n) is 2.98. The minimum atomic E-state index is -2.15. The van der Waals surface area contributed by atoms with Gasteiger partial charge < -0.3 is 14.6 Å². The zero-order valence-corrected chi connectivity index (χ0v) is 10.1. The molecule has 0 aromatic heterocycles. The lowest BCUT2D eigenvalue weighted by atomic mass is 9.85. The fraction of sp³-hybridized carbons (Fsp3) is 0.462. The second-order valence-corrected chi connectivity index (χ2v) is 4.19. The first-order valence-corrected chi connectivity index (χ1v) is 5.79. The Hall–Kier alpha value is -1.46. The molecule has 0 aliphatic carbocycles. The van der Waals surface area contributed by atoms with E-state index in [4.69, 9.17) is 4.74 Å². The Morgan fingerprint density at radius 2 is 2.33 bits per heavy atom. The van der Waals surface area contributed by atoms with E-state index in [1.165, 1.54) is 0 Å². The zero-order chi connectivity index (χ0) is 13.2. The molecule has 98 valence electrons. The Morgan fingerprint density at radius 3 is 3.06 bits per heavy atom. The average molecular weight is 254 g/mol. The second kappa shape index (κ2) is 5.04. The van der Waals surface area contributed by atoms with E-state index >= 15 is 0 Å². The summed E-state index contributed by atoms with van der Waals surface area (Å²) in [5, 5.41) is 10.4. The average Bonchev–Trinajstić information content (AvgIpc) is 2.39. The van der Waals surface area contributed by atoms with Gasteiger partial charge >= 0.3 is 5.97 Å². The summed E-state index contributed by atoms with van der Waals surface area (Å²) < 4.78 is 23.9. The summed E-state index contributed by atoms with van der Waals surface area (Å²) in [5.74, 6) is -1.07. The number of hydrogen-bond donors (Lipinski definition) is 1. The maximum Gasteiger partial charge on any atom is 0.344 e. The largest absolute Gasteiger partial charge is 0.464 e. The fourth-order valence-corrected chi connectivity index (χ4v) is 2.08. The van der Waals surface area contributed by atoms with Crippen LogP contribution in [-0.4, -0.2) is 30.5 Å². The normalized spacial score (nSPS) is 24.2. The van der Waals surface area contributed by atoms with Gasteiger partial charge in [0.15, 0.2) is 5.60 Å². The van der Waals surface area contributed by atoms with Crippen molar-refractivity contribution in [3.8, 4) is 0 Å². The quantitative estimate of drug-likeness (QED) is 0.826. The van der Waals surface area contributed by atoms with E-state index in [1.54, 1.807) is 31.2 Å². The third-order valence-corrected chi connectivity index (χ3v) is 2.98. The summed E-state index contributed by atoms with van der Waals surface area (Å²) in [5.41, 5.74) is -0.906. The van der Waals surface area contributed by atoms with Crippen LogP contribution in [0.5, 0.6) is 0 Å². The standard InChI is InChI=1S/C13H15FO4/c1-2-18-12(15)11(14)13(16)8-17-7-9-5-3-4-6-10(9)13/h3-6,11,16H,2,7-8H2,1H3. The lowest BCUT2D eigenvalue weighted by Crippen LogP contribution is -2.48. The van der Waals surface area contributed by atoms with Crippen LogP contribution in [0.25, 0.3) is 0 Å². The number of halogens is 1. The monoisotopic (exact) mass is 254 g/mol. The number of esters is 1. The zero-order valence-electron chi connectivity index (χ0n) is 10.1. The summed E-state index contributed by atoms with van der Waals surface area (Å²) in [4.78, 5) is 11.4. The van der Waals surface area contributed by atoms with Gasteiger partial charge in [-0.3, -0.25) is 0 Å². The van der Waals surface area contributed by atoms with Crippen LogP contribution >= 0.6 is 0 Å². The molecule has 0 saturated carbocycles. The number of aliphatic hydroxyl groups is 1. The van der Waals surface area contributed by atoms with Gasteiger partial charge in [0.1, 0.15) is 0 Å². The van der Waals surface area contributed by atoms with Crippen molar-refractivity contribution in [1.29, 1.82) is 0 Å². The molecule has 1 aliphatic rings. The van der Waals surface area contributed by atoms with E-state index in [2.05, 4.69) is 4.74 Å². The number of hydrogen-bond acceptors (Lipinski definition) is 4. The molecule has 1 heterocycles. The summed E-state index contributed by atoms with van der Waals surface area (Å²) in [6.45, 7) is 1.69. The topological polar surface area (TPSA) is 55.8 Å². The molecule has 0 spiro atoms. The van der Waals surface area contributed by atoms with E-state index in [9.17, 15) is 14.3 Å². The van der Waals surface area contributed by atoms with E-state index < -0.39 is 17.7 Å². The summed E-state index contributed by atoms with van der Waals surface area (Å²) in [6.07, 6.45) is -2.15. The Kier molecular flexibility index (Phi) is 3.63. The van der Waals surface area contributed by atoms with Gasteiger partial charge in [0.25, 0.3) is 0 Å². The van der Waals surface area contributed by atoms with Crippen molar-refractivity contribution < 1.29 is 23.8 Å². The van der Waals surface area contributed by atoms with Gasteiger partial charge in [-0.05, 0) is 18.1 Å². The van der Waals surface area contributed by atoms with Crippen LogP contribution in [0, 0.1) is 0 Å². The van der Waals surface area contributed by atoms with Crippen molar-refractivity contribution in [1.82, 2.24) is 0 Å². The molecule has 18 heavy (non-hydrogen) atoms. The molecule has 0 bridgehead atoms. The molecule has 5 heteroatoms. The Morgan fingerprint density at radius 1 is 1.61 bits per heavy atom. The van der Waals surface area contributed by atoms with E-state index in [0.717, 1.165) is 0 Å². The van der Waals surface area contributed by atoms with Crippen LogP contribution in [-0.2, 0) is 26.5 Å². The predicted octanol–water partition coefficient (Wildman–Crippen LogP) is 1.31. The van der Waals surface area contributed by atoms with Gasteiger partial charge in [0.2, 0.25) is 6.17 Å². The van der Waals surface area contributed by atoms with Crippen LogP contribution in [0.1, 0.15) is 18.1 Å². The van der Waals surface area contributed by atoms with Crippen LogP contribution < -0.4 is 0 Å². The highest BCUT2D eigenvalue weighted by atomic mass is 19.1. The number of alkyl halides is 1. The molecule has 0 amide bonds. The molecule has 2 unspecified atom stereocenters. The molecule has 0 fully saturated rings. The first-order valence-electron chi connectivity index (χ1n) is 5.79. The molecular weight excluding hydrogens is 239 g/mol. The molecule has 0 saturated heterocycles. The van der Waals surface area contributed by atoms with Crippen molar-refractivity contribution in [2.45, 2.75) is 25.3 Å². The fourth-order valence-electron chi connectivity index (χ4n) is 2.08. The van der Waals surface area contributed by atoms with Crippen LogP contribution in [0.3, 0.4) is 0 Å². The van der Waals surface area contributed by atoms with Gasteiger partial charge in [0.05, 0.1) is 19.8 Å². The molecule has 0 radical (unpaired) electrons. The van der Waals surface area contributed by atoms with Crippen molar-refractivity contribution in [2.75, 3.05) is 13.2 Å². The highest BCUT2D eigenvalue weighted by Crippen LogP contribution is 2.35. The molecule has 1 aromatic carbocycles. The highest BCUT2D eigenvalue weighted by Gasteiger charge is 2.47. The number of benzene rings is 1. The SMILES string of the molecule is CCOC(=O)C(F)C1(O)COCc2ccccc21. The lowest BCUT2D eigenvalue weighted by molar-refractivity contribution is -0.171. The highest BCUT2D eigenvalue weighted by molar-refractivity contribution is 5.76. The predicted molar refractivity (Wildman–Crippen MR) is 61.5 cm³/mol. The summed E-state index contributed by atoms with van der Waals surface area (Å²) in [6, 6.07) is 6.79. The van der Waals surface area contributed by atoms with Crippen molar-refractivity contribution in [3.63, 3.8) is 0 Å². The second-order valence-electron chi connectivity index (χ2n) is 4.19. The van der Waals surface area contributed by atoms with Crippen LogP contribution in [0.4, 0.5) is 4.39 Å². The van der Waals surface area contributed by atoms with Gasteiger partial charge in [0, 0.05) is 0 Å². The maximum absolute atomic E-state index is 14.1. The lowest BCUT2D eigenvalue weighted by Gasteiger charge is -2.35. The minimum absolute atomic E-state index is 0.0673. The van der Waals surface area contributed by atoms with Crippen molar-refractivity contribution >= 4 is 5.97 Å². The number of ether oxygens (including phenoxy) is 2. The number of rotatable bonds is 3. The Bertz CT molecular complexity index is 448. The first-order chi connectivity index (χ1) is 8.59. The third kappa shape index (κ3) is 2.11. The van der Waals surface area contributed by atoms with Gasteiger partial charge in [-0.25, -0.2) is 9.18 Å².